The minimum Gasteiger partial charge on any atom is -0.378 e. The van der Waals surface area contributed by atoms with Crippen molar-refractivity contribution in [3.63, 3.8) is 0 Å². The smallest absolute Gasteiger partial charge is 0.243 e. The van der Waals surface area contributed by atoms with Crippen molar-refractivity contribution in [2.45, 2.75) is 52.7 Å². The average Bonchev–Trinajstić information content (AvgIpc) is 2.55. The molecule has 2 unspecified atom stereocenters. The Morgan fingerprint density at radius 2 is 1.88 bits per heavy atom. The van der Waals surface area contributed by atoms with Gasteiger partial charge < -0.3 is 21.1 Å². The van der Waals surface area contributed by atoms with Crippen LogP contribution in [0.3, 0.4) is 0 Å². The SMILES string of the molecule is CCOC1CC(N)(C(=O)NCC(=O)Nc2c(C)cccc2C)C1(C)C. The Bertz CT molecular complexity index is 652. The zero-order chi connectivity index (χ0) is 18.8. The number of hydrogen-bond donors (Lipinski definition) is 3. The van der Waals surface area contributed by atoms with E-state index in [1.165, 1.54) is 0 Å². The van der Waals surface area contributed by atoms with Gasteiger partial charge in [-0.2, -0.15) is 0 Å². The number of hydrogen-bond acceptors (Lipinski definition) is 4. The highest BCUT2D eigenvalue weighted by atomic mass is 16.5. The molecule has 0 aromatic heterocycles. The summed E-state index contributed by atoms with van der Waals surface area (Å²) < 4.78 is 5.63. The number of para-hydroxylation sites is 1. The van der Waals surface area contributed by atoms with Crippen LogP contribution in [0, 0.1) is 19.3 Å². The molecule has 25 heavy (non-hydrogen) atoms. The van der Waals surface area contributed by atoms with Gasteiger partial charge in [0.25, 0.3) is 0 Å². The lowest BCUT2D eigenvalue weighted by Gasteiger charge is -2.57. The van der Waals surface area contributed by atoms with Crippen molar-refractivity contribution in [1.82, 2.24) is 5.32 Å². The zero-order valence-electron chi connectivity index (χ0n) is 15.7. The molecule has 6 heteroatoms. The molecule has 4 N–H and O–H groups in total. The number of nitrogens with one attached hydrogen (secondary N) is 2. The first-order valence-electron chi connectivity index (χ1n) is 8.68. The maximum atomic E-state index is 12.5. The van der Waals surface area contributed by atoms with Crippen LogP contribution in [0.2, 0.25) is 0 Å². The monoisotopic (exact) mass is 347 g/mol. The summed E-state index contributed by atoms with van der Waals surface area (Å²) >= 11 is 0. The number of carbonyl (C=O) groups is 2. The van der Waals surface area contributed by atoms with E-state index in [4.69, 9.17) is 10.5 Å². The highest BCUT2D eigenvalue weighted by Gasteiger charge is 2.62. The number of carbonyl (C=O) groups excluding carboxylic acids is 2. The minimum atomic E-state index is -1.02. The van der Waals surface area contributed by atoms with Crippen molar-refractivity contribution < 1.29 is 14.3 Å². The molecule has 1 saturated carbocycles. The number of rotatable bonds is 6. The maximum absolute atomic E-state index is 12.5. The fourth-order valence-electron chi connectivity index (χ4n) is 3.33. The number of benzene rings is 1. The van der Waals surface area contributed by atoms with Gasteiger partial charge in [0, 0.05) is 24.1 Å². The molecule has 2 atom stereocenters. The van der Waals surface area contributed by atoms with E-state index in [1.807, 2.05) is 52.8 Å². The van der Waals surface area contributed by atoms with Gasteiger partial charge in [0.15, 0.2) is 0 Å². The molecule has 1 aromatic carbocycles. The zero-order valence-corrected chi connectivity index (χ0v) is 15.7. The normalized spacial score (nSPS) is 24.3. The van der Waals surface area contributed by atoms with Gasteiger partial charge in [0.1, 0.15) is 5.54 Å². The van der Waals surface area contributed by atoms with Gasteiger partial charge in [-0.15, -0.1) is 0 Å². The molecule has 1 aliphatic rings. The van der Waals surface area contributed by atoms with Gasteiger partial charge >= 0.3 is 0 Å². The molecule has 138 valence electrons. The van der Waals surface area contributed by atoms with Crippen LogP contribution < -0.4 is 16.4 Å². The molecule has 6 nitrogen and oxygen atoms in total. The van der Waals surface area contributed by atoms with Crippen LogP contribution in [-0.4, -0.2) is 36.6 Å². The number of amides is 2. The third-order valence-corrected chi connectivity index (χ3v) is 5.39. The second-order valence-corrected chi connectivity index (χ2v) is 7.34. The van der Waals surface area contributed by atoms with Crippen molar-refractivity contribution in [2.75, 3.05) is 18.5 Å². The topological polar surface area (TPSA) is 93.4 Å². The predicted molar refractivity (Wildman–Crippen MR) is 98.3 cm³/mol. The molecular weight excluding hydrogens is 318 g/mol. The molecule has 1 fully saturated rings. The van der Waals surface area contributed by atoms with E-state index in [9.17, 15) is 9.59 Å². The maximum Gasteiger partial charge on any atom is 0.243 e. The Morgan fingerprint density at radius 3 is 2.40 bits per heavy atom. The Morgan fingerprint density at radius 1 is 1.28 bits per heavy atom. The van der Waals surface area contributed by atoms with E-state index in [0.717, 1.165) is 16.8 Å². The van der Waals surface area contributed by atoms with Gasteiger partial charge in [-0.25, -0.2) is 0 Å². The van der Waals surface area contributed by atoms with Crippen LogP contribution in [-0.2, 0) is 14.3 Å². The molecule has 0 heterocycles. The van der Waals surface area contributed by atoms with Crippen LogP contribution in [0.25, 0.3) is 0 Å². The fourth-order valence-corrected chi connectivity index (χ4v) is 3.33. The minimum absolute atomic E-state index is 0.0447. The number of anilines is 1. The number of nitrogens with two attached hydrogens (primary N) is 1. The van der Waals surface area contributed by atoms with Crippen molar-refractivity contribution in [3.05, 3.63) is 29.3 Å². The summed E-state index contributed by atoms with van der Waals surface area (Å²) in [5, 5.41) is 5.52. The Kier molecular flexibility index (Phi) is 5.54. The summed E-state index contributed by atoms with van der Waals surface area (Å²) in [4.78, 5) is 24.7. The lowest BCUT2D eigenvalue weighted by molar-refractivity contribution is -0.170. The second-order valence-electron chi connectivity index (χ2n) is 7.34. The Hall–Kier alpha value is -1.92. The van der Waals surface area contributed by atoms with E-state index < -0.39 is 11.0 Å². The summed E-state index contributed by atoms with van der Waals surface area (Å²) in [5.41, 5.74) is 7.55. The average molecular weight is 347 g/mol. The predicted octanol–water partition coefficient (Wildman–Crippen LogP) is 1.89. The number of ether oxygens (including phenoxy) is 1. The van der Waals surface area contributed by atoms with E-state index in [0.29, 0.717) is 13.0 Å². The van der Waals surface area contributed by atoms with Crippen LogP contribution >= 0.6 is 0 Å². The van der Waals surface area contributed by atoms with Gasteiger partial charge in [0.2, 0.25) is 11.8 Å². The molecule has 2 rings (SSSR count). The van der Waals surface area contributed by atoms with Crippen LogP contribution in [0.5, 0.6) is 0 Å². The molecule has 0 radical (unpaired) electrons. The largest absolute Gasteiger partial charge is 0.378 e. The molecule has 0 bridgehead atoms. The van der Waals surface area contributed by atoms with Gasteiger partial charge in [-0.1, -0.05) is 32.0 Å². The summed E-state index contributed by atoms with van der Waals surface area (Å²) in [6, 6.07) is 5.80. The van der Waals surface area contributed by atoms with Crippen molar-refractivity contribution in [3.8, 4) is 0 Å². The fraction of sp³-hybridized carbons (Fsp3) is 0.579. The van der Waals surface area contributed by atoms with E-state index >= 15 is 0 Å². The Balaban J connectivity index is 1.93. The highest BCUT2D eigenvalue weighted by Crippen LogP contribution is 2.49. The lowest BCUT2D eigenvalue weighted by Crippen LogP contribution is -2.76. The van der Waals surface area contributed by atoms with Gasteiger partial charge in [-0.3, -0.25) is 9.59 Å². The van der Waals surface area contributed by atoms with Crippen LogP contribution in [0.15, 0.2) is 18.2 Å². The summed E-state index contributed by atoms with van der Waals surface area (Å²) in [6.45, 7) is 10.1. The first-order chi connectivity index (χ1) is 11.6. The van der Waals surface area contributed by atoms with Gasteiger partial charge in [-0.05, 0) is 31.9 Å². The van der Waals surface area contributed by atoms with Crippen molar-refractivity contribution in [1.29, 1.82) is 0 Å². The molecular formula is C19H29N3O3. The third kappa shape index (κ3) is 3.55. The van der Waals surface area contributed by atoms with E-state index in [1.54, 1.807) is 0 Å². The summed E-state index contributed by atoms with van der Waals surface area (Å²) in [5.74, 6) is -0.585. The van der Waals surface area contributed by atoms with Crippen LogP contribution in [0.4, 0.5) is 5.69 Å². The molecule has 1 aromatic rings. The quantitative estimate of drug-likeness (QED) is 0.732. The molecule has 0 aliphatic heterocycles. The number of aryl methyl sites for hydroxylation is 2. The molecule has 0 saturated heterocycles. The van der Waals surface area contributed by atoms with Crippen LogP contribution in [0.1, 0.15) is 38.3 Å². The molecule has 1 aliphatic carbocycles. The van der Waals surface area contributed by atoms with Crippen molar-refractivity contribution >= 4 is 17.5 Å². The first-order valence-corrected chi connectivity index (χ1v) is 8.68. The third-order valence-electron chi connectivity index (χ3n) is 5.39. The highest BCUT2D eigenvalue weighted by molar-refractivity contribution is 5.97. The first kappa shape index (κ1) is 19.4. The van der Waals surface area contributed by atoms with Gasteiger partial charge in [0.05, 0.1) is 12.6 Å². The van der Waals surface area contributed by atoms with E-state index in [2.05, 4.69) is 10.6 Å². The summed E-state index contributed by atoms with van der Waals surface area (Å²) in [6.07, 6.45) is 0.412. The molecule has 0 spiro atoms. The van der Waals surface area contributed by atoms with E-state index in [-0.39, 0.29) is 24.5 Å². The Labute approximate surface area is 149 Å². The standard InChI is InChI=1S/C19H29N3O3/c1-6-25-14-10-19(20,18(14,4)5)17(24)21-11-15(23)22-16-12(2)8-7-9-13(16)3/h7-9,14H,6,10-11,20H2,1-5H3,(H,21,24)(H,22,23). The summed E-state index contributed by atoms with van der Waals surface area (Å²) in [7, 11) is 0. The lowest BCUT2D eigenvalue weighted by atomic mass is 9.54. The van der Waals surface area contributed by atoms with Crippen molar-refractivity contribution in [2.24, 2.45) is 11.1 Å². The second kappa shape index (κ2) is 7.14. The molecule has 2 amide bonds.